The highest BCUT2D eigenvalue weighted by Gasteiger charge is 1.67. The fourth-order valence-electron chi connectivity index (χ4n) is 0.178. The lowest BCUT2D eigenvalue weighted by atomic mass is 10.4. The van der Waals surface area contributed by atoms with Crippen LogP contribution in [-0.2, 0) is 0 Å². The molecule has 0 bridgehead atoms. The molecular formula is C4H8BrN. The molecule has 0 aromatic heterocycles. The van der Waals surface area contributed by atoms with E-state index in [9.17, 15) is 0 Å². The van der Waals surface area contributed by atoms with Crippen LogP contribution in [0.4, 0.5) is 0 Å². The zero-order valence-electron chi connectivity index (χ0n) is 3.82. The van der Waals surface area contributed by atoms with Gasteiger partial charge in [0.25, 0.3) is 0 Å². The second-order valence-corrected chi connectivity index (χ2v) is 1.48. The Morgan fingerprint density at radius 2 is 2.50 bits per heavy atom. The highest BCUT2D eigenvalue weighted by molar-refractivity contribution is 9.08. The van der Waals surface area contributed by atoms with Crippen LogP contribution in [-0.4, -0.2) is 6.21 Å². The highest BCUT2D eigenvalue weighted by Crippen LogP contribution is 1.83. The molecule has 0 unspecified atom stereocenters. The molecule has 1 nitrogen and oxygen atoms in total. The minimum absolute atomic E-state index is 1.07. The maximum Gasteiger partial charge on any atom is 0.0729 e. The monoisotopic (exact) mass is 149 g/mol. The summed E-state index contributed by atoms with van der Waals surface area (Å²) in [4.78, 5) is 0. The van der Waals surface area contributed by atoms with Crippen LogP contribution in [0.3, 0.4) is 0 Å². The Morgan fingerprint density at radius 1 is 1.83 bits per heavy atom. The molecule has 0 spiro atoms. The van der Waals surface area contributed by atoms with E-state index in [0.29, 0.717) is 0 Å². The summed E-state index contributed by atoms with van der Waals surface area (Å²) in [6, 6.07) is 0. The van der Waals surface area contributed by atoms with Crippen molar-refractivity contribution in [2.45, 2.75) is 19.8 Å². The molecule has 0 radical (unpaired) electrons. The van der Waals surface area contributed by atoms with Crippen molar-refractivity contribution in [1.82, 2.24) is 0 Å². The number of halogens is 1. The van der Waals surface area contributed by atoms with Crippen LogP contribution in [0.1, 0.15) is 19.8 Å². The van der Waals surface area contributed by atoms with Crippen molar-refractivity contribution in [2.24, 2.45) is 4.02 Å². The summed E-state index contributed by atoms with van der Waals surface area (Å²) in [5.74, 6) is 0. The lowest BCUT2D eigenvalue weighted by Crippen LogP contribution is -1.65. The third-order valence-electron chi connectivity index (χ3n) is 0.487. The maximum atomic E-state index is 3.61. The van der Waals surface area contributed by atoms with Crippen molar-refractivity contribution in [3.8, 4) is 0 Å². The summed E-state index contributed by atoms with van der Waals surface area (Å²) < 4.78 is 3.61. The standard InChI is InChI=1S/C4H8BrN/c1-2-3-4-6-5/h4H,2-3H2,1H3. The average Bonchev–Trinajstić information content (AvgIpc) is 1.61. The predicted molar refractivity (Wildman–Crippen MR) is 32.3 cm³/mol. The Kier molecular flexibility index (Phi) is 5.28. The van der Waals surface area contributed by atoms with Crippen LogP contribution < -0.4 is 0 Å². The molecule has 0 rings (SSSR count). The number of hydrogen-bond donors (Lipinski definition) is 0. The molecule has 6 heavy (non-hydrogen) atoms. The van der Waals surface area contributed by atoms with Gasteiger partial charge in [-0.25, -0.2) is 4.02 Å². The van der Waals surface area contributed by atoms with E-state index in [1.54, 1.807) is 0 Å². The number of nitrogens with zero attached hydrogens (tertiary/aromatic N) is 1. The van der Waals surface area contributed by atoms with Crippen molar-refractivity contribution in [1.29, 1.82) is 0 Å². The Labute approximate surface area is 46.8 Å². The van der Waals surface area contributed by atoms with E-state index in [2.05, 4.69) is 27.1 Å². The van der Waals surface area contributed by atoms with Gasteiger partial charge in [-0.2, -0.15) is 0 Å². The fraction of sp³-hybridized carbons (Fsp3) is 0.750. The van der Waals surface area contributed by atoms with Crippen molar-refractivity contribution >= 4 is 22.4 Å². The van der Waals surface area contributed by atoms with Crippen molar-refractivity contribution in [3.05, 3.63) is 0 Å². The summed E-state index contributed by atoms with van der Waals surface area (Å²) in [7, 11) is 0. The van der Waals surface area contributed by atoms with Gasteiger partial charge in [-0.05, 0) is 6.42 Å². The van der Waals surface area contributed by atoms with Gasteiger partial charge in [0.2, 0.25) is 0 Å². The van der Waals surface area contributed by atoms with E-state index >= 15 is 0 Å². The summed E-state index contributed by atoms with van der Waals surface area (Å²) in [5.41, 5.74) is 0. The summed E-state index contributed by atoms with van der Waals surface area (Å²) in [6.07, 6.45) is 4.10. The molecule has 0 saturated heterocycles. The van der Waals surface area contributed by atoms with Gasteiger partial charge in [-0.1, -0.05) is 13.3 Å². The van der Waals surface area contributed by atoms with E-state index in [0.717, 1.165) is 6.42 Å². The molecule has 0 fully saturated rings. The molecular weight excluding hydrogens is 142 g/mol. The van der Waals surface area contributed by atoms with Gasteiger partial charge < -0.3 is 0 Å². The number of rotatable bonds is 2. The smallest absolute Gasteiger partial charge is 0.0729 e. The first kappa shape index (κ1) is 6.15. The van der Waals surface area contributed by atoms with Gasteiger partial charge in [0.05, 0.1) is 16.1 Å². The predicted octanol–water partition coefficient (Wildman–Crippen LogP) is 2.17. The van der Waals surface area contributed by atoms with Crippen LogP contribution in [0.25, 0.3) is 0 Å². The van der Waals surface area contributed by atoms with E-state index in [-0.39, 0.29) is 0 Å². The zero-order chi connectivity index (χ0) is 4.83. The van der Waals surface area contributed by atoms with Gasteiger partial charge in [-0.15, -0.1) is 0 Å². The molecule has 0 aliphatic carbocycles. The Morgan fingerprint density at radius 3 is 2.67 bits per heavy atom. The van der Waals surface area contributed by atoms with Crippen LogP contribution in [0.5, 0.6) is 0 Å². The molecule has 0 N–H and O–H groups in total. The van der Waals surface area contributed by atoms with E-state index in [4.69, 9.17) is 0 Å². The molecule has 2 heteroatoms. The third-order valence-corrected chi connectivity index (χ3v) is 0.776. The normalized spacial score (nSPS) is 10.3. The molecule has 0 aliphatic heterocycles. The van der Waals surface area contributed by atoms with E-state index in [1.165, 1.54) is 6.42 Å². The molecule has 0 heterocycles. The minimum atomic E-state index is 1.07. The second-order valence-electron chi connectivity index (χ2n) is 1.07. The first-order valence-corrected chi connectivity index (χ1v) is 2.75. The molecule has 0 amide bonds. The Balaban J connectivity index is 2.66. The van der Waals surface area contributed by atoms with Crippen LogP contribution in [0.15, 0.2) is 4.02 Å². The van der Waals surface area contributed by atoms with E-state index in [1.807, 2.05) is 6.21 Å². The Hall–Kier alpha value is 0.150. The molecule has 0 saturated carbocycles. The Bertz CT molecular complexity index is 42.8. The molecule has 0 aliphatic rings. The van der Waals surface area contributed by atoms with E-state index < -0.39 is 0 Å². The van der Waals surface area contributed by atoms with Crippen LogP contribution in [0, 0.1) is 0 Å². The van der Waals surface area contributed by atoms with Crippen molar-refractivity contribution in [2.75, 3.05) is 0 Å². The molecule has 36 valence electrons. The summed E-state index contributed by atoms with van der Waals surface area (Å²) >= 11 is 2.92. The first-order chi connectivity index (χ1) is 2.91. The molecule has 0 atom stereocenters. The minimum Gasteiger partial charge on any atom is -0.220 e. The molecule has 0 aromatic carbocycles. The maximum absolute atomic E-state index is 3.61. The van der Waals surface area contributed by atoms with Gasteiger partial charge in [0, 0.05) is 6.21 Å². The van der Waals surface area contributed by atoms with Crippen molar-refractivity contribution in [3.63, 3.8) is 0 Å². The number of unbranched alkanes of at least 4 members (excludes halogenated alkanes) is 1. The van der Waals surface area contributed by atoms with Crippen molar-refractivity contribution < 1.29 is 0 Å². The summed E-state index contributed by atoms with van der Waals surface area (Å²) in [6.45, 7) is 2.12. The van der Waals surface area contributed by atoms with Gasteiger partial charge >= 0.3 is 0 Å². The lowest BCUT2D eigenvalue weighted by Gasteiger charge is -1.74. The molecule has 0 aromatic rings. The van der Waals surface area contributed by atoms with Gasteiger partial charge in [-0.3, -0.25) is 0 Å². The topological polar surface area (TPSA) is 12.4 Å². The highest BCUT2D eigenvalue weighted by atomic mass is 79.9. The lowest BCUT2D eigenvalue weighted by molar-refractivity contribution is 1.01. The SMILES string of the molecule is CCCC=NBr. The van der Waals surface area contributed by atoms with Gasteiger partial charge in [0.15, 0.2) is 0 Å². The average molecular weight is 150 g/mol. The third kappa shape index (κ3) is 4.15. The van der Waals surface area contributed by atoms with Gasteiger partial charge in [0.1, 0.15) is 0 Å². The number of hydrogen-bond acceptors (Lipinski definition) is 1. The second kappa shape index (κ2) is 5.15. The summed E-state index contributed by atoms with van der Waals surface area (Å²) in [5, 5.41) is 0. The fourth-order valence-corrected chi connectivity index (χ4v) is 0.383. The zero-order valence-corrected chi connectivity index (χ0v) is 5.40. The van der Waals surface area contributed by atoms with Crippen LogP contribution in [0.2, 0.25) is 0 Å². The van der Waals surface area contributed by atoms with Crippen LogP contribution >= 0.6 is 16.1 Å². The largest absolute Gasteiger partial charge is 0.220 e. The first-order valence-electron chi connectivity index (χ1n) is 2.04. The quantitative estimate of drug-likeness (QED) is 0.535.